The molecule has 0 spiro atoms. The zero-order valence-corrected chi connectivity index (χ0v) is 12.0. The lowest BCUT2D eigenvalue weighted by molar-refractivity contribution is -0.137. The van der Waals surface area contributed by atoms with Gasteiger partial charge in [-0.3, -0.25) is 0 Å². The number of nitriles is 1. The number of alkyl halides is 3. The summed E-state index contributed by atoms with van der Waals surface area (Å²) in [7, 11) is 1.39. The fourth-order valence-corrected chi connectivity index (χ4v) is 1.95. The molecule has 0 saturated carbocycles. The first kappa shape index (κ1) is 16.6. The molecule has 0 heterocycles. The van der Waals surface area contributed by atoms with Crippen LogP contribution < -0.4 is 9.47 Å². The predicted molar refractivity (Wildman–Crippen MR) is 75.1 cm³/mol. The Morgan fingerprint density at radius 3 is 2.43 bits per heavy atom. The van der Waals surface area contributed by atoms with Gasteiger partial charge in [0, 0.05) is 0 Å². The molecule has 120 valence electrons. The Morgan fingerprint density at radius 1 is 1.13 bits per heavy atom. The summed E-state index contributed by atoms with van der Waals surface area (Å²) in [5.41, 5.74) is -1.04. The maximum atomic E-state index is 13.0. The number of aliphatic hydroxyl groups is 1. The van der Waals surface area contributed by atoms with E-state index in [0.717, 1.165) is 12.1 Å². The Kier molecular flexibility index (Phi) is 4.77. The smallest absolute Gasteiger partial charge is 0.417 e. The molecular weight excluding hydrogens is 311 g/mol. The second kappa shape index (κ2) is 6.58. The van der Waals surface area contributed by atoms with E-state index in [0.29, 0.717) is 11.3 Å². The molecule has 0 bridgehead atoms. The summed E-state index contributed by atoms with van der Waals surface area (Å²) >= 11 is 0. The molecule has 0 aliphatic carbocycles. The second-order valence-corrected chi connectivity index (χ2v) is 4.56. The molecule has 2 aromatic carbocycles. The highest BCUT2D eigenvalue weighted by Crippen LogP contribution is 2.37. The average molecular weight is 323 g/mol. The van der Waals surface area contributed by atoms with E-state index in [-0.39, 0.29) is 18.1 Å². The molecule has 2 rings (SSSR count). The van der Waals surface area contributed by atoms with Crippen LogP contribution in [0.5, 0.6) is 17.2 Å². The molecule has 0 unspecified atom stereocenters. The van der Waals surface area contributed by atoms with Gasteiger partial charge in [0.1, 0.15) is 5.75 Å². The number of hydrogen-bond acceptors (Lipinski definition) is 4. The molecule has 0 aliphatic rings. The van der Waals surface area contributed by atoms with Crippen LogP contribution in [0.4, 0.5) is 13.2 Å². The summed E-state index contributed by atoms with van der Waals surface area (Å²) in [5.74, 6) is 0.377. The highest BCUT2D eigenvalue weighted by Gasteiger charge is 2.34. The molecule has 1 N–H and O–H groups in total. The SMILES string of the molecule is COc1ccc(CO)cc1Oc1ccc(C#N)c(C(F)(F)F)c1. The molecule has 2 aromatic rings. The van der Waals surface area contributed by atoms with Gasteiger partial charge in [0.25, 0.3) is 0 Å². The second-order valence-electron chi connectivity index (χ2n) is 4.56. The van der Waals surface area contributed by atoms with Gasteiger partial charge in [0.05, 0.1) is 30.9 Å². The summed E-state index contributed by atoms with van der Waals surface area (Å²) in [4.78, 5) is 0. The lowest BCUT2D eigenvalue weighted by Gasteiger charge is -2.14. The molecule has 4 nitrogen and oxygen atoms in total. The first-order valence-electron chi connectivity index (χ1n) is 6.46. The standard InChI is InChI=1S/C16H12F3NO3/c1-22-14-5-2-10(9-21)6-15(14)23-12-4-3-11(8-20)13(7-12)16(17,18)19/h2-7,21H,9H2,1H3. The third kappa shape index (κ3) is 3.73. The minimum absolute atomic E-state index is 0.0929. The summed E-state index contributed by atoms with van der Waals surface area (Å²) < 4.78 is 49.4. The number of nitrogens with zero attached hydrogens (tertiary/aromatic N) is 1. The van der Waals surface area contributed by atoms with Crippen molar-refractivity contribution in [2.75, 3.05) is 7.11 Å². The van der Waals surface area contributed by atoms with Crippen molar-refractivity contribution in [1.29, 1.82) is 5.26 Å². The van der Waals surface area contributed by atoms with Gasteiger partial charge < -0.3 is 14.6 Å². The van der Waals surface area contributed by atoms with Crippen LogP contribution in [0.25, 0.3) is 0 Å². The van der Waals surface area contributed by atoms with E-state index in [4.69, 9.17) is 19.8 Å². The van der Waals surface area contributed by atoms with Crippen molar-refractivity contribution in [2.45, 2.75) is 12.8 Å². The van der Waals surface area contributed by atoms with Crippen molar-refractivity contribution < 1.29 is 27.8 Å². The van der Waals surface area contributed by atoms with Gasteiger partial charge in [-0.15, -0.1) is 0 Å². The number of methoxy groups -OCH3 is 1. The Labute approximate surface area is 130 Å². The van der Waals surface area contributed by atoms with Crippen LogP contribution >= 0.6 is 0 Å². The number of benzene rings is 2. The van der Waals surface area contributed by atoms with Gasteiger partial charge >= 0.3 is 6.18 Å². The van der Waals surface area contributed by atoms with E-state index in [9.17, 15) is 13.2 Å². The monoisotopic (exact) mass is 323 g/mol. The largest absolute Gasteiger partial charge is 0.493 e. The van der Waals surface area contributed by atoms with Crippen molar-refractivity contribution in [3.05, 3.63) is 53.1 Å². The Hall–Kier alpha value is -2.72. The quantitative estimate of drug-likeness (QED) is 0.928. The minimum atomic E-state index is -4.67. The van der Waals surface area contributed by atoms with Gasteiger partial charge in [-0.2, -0.15) is 18.4 Å². The van der Waals surface area contributed by atoms with Crippen LogP contribution in [0.2, 0.25) is 0 Å². The van der Waals surface area contributed by atoms with Gasteiger partial charge in [-0.1, -0.05) is 6.07 Å². The summed E-state index contributed by atoms with van der Waals surface area (Å²) in [6, 6.07) is 9.16. The Balaban J connectivity index is 2.43. The molecule has 0 radical (unpaired) electrons. The minimum Gasteiger partial charge on any atom is -0.493 e. The fourth-order valence-electron chi connectivity index (χ4n) is 1.95. The molecular formula is C16H12F3NO3. The molecule has 23 heavy (non-hydrogen) atoms. The highest BCUT2D eigenvalue weighted by atomic mass is 19.4. The lowest BCUT2D eigenvalue weighted by atomic mass is 10.1. The first-order valence-corrected chi connectivity index (χ1v) is 6.46. The molecule has 0 amide bonds. The molecule has 0 atom stereocenters. The van der Waals surface area contributed by atoms with E-state index in [1.165, 1.54) is 31.4 Å². The Bertz CT molecular complexity index is 751. The maximum Gasteiger partial charge on any atom is 0.417 e. The number of halogens is 3. The zero-order valence-electron chi connectivity index (χ0n) is 12.0. The van der Waals surface area contributed by atoms with Crippen molar-refractivity contribution in [3.8, 4) is 23.3 Å². The maximum absolute atomic E-state index is 13.0. The fraction of sp³-hybridized carbons (Fsp3) is 0.188. The predicted octanol–water partition coefficient (Wildman–Crippen LogP) is 3.87. The van der Waals surface area contributed by atoms with Crippen LogP contribution in [0, 0.1) is 11.3 Å². The van der Waals surface area contributed by atoms with Gasteiger partial charge in [0.2, 0.25) is 0 Å². The van der Waals surface area contributed by atoms with Crippen LogP contribution in [0.1, 0.15) is 16.7 Å². The van der Waals surface area contributed by atoms with Crippen molar-refractivity contribution in [2.24, 2.45) is 0 Å². The zero-order chi connectivity index (χ0) is 17.0. The molecule has 0 fully saturated rings. The van der Waals surface area contributed by atoms with E-state index in [2.05, 4.69) is 0 Å². The van der Waals surface area contributed by atoms with Gasteiger partial charge in [-0.05, 0) is 35.9 Å². The Morgan fingerprint density at radius 2 is 1.87 bits per heavy atom. The van der Waals surface area contributed by atoms with Gasteiger partial charge in [0.15, 0.2) is 11.5 Å². The average Bonchev–Trinajstić information content (AvgIpc) is 2.54. The van der Waals surface area contributed by atoms with E-state index in [1.54, 1.807) is 6.07 Å². The number of hydrogen-bond donors (Lipinski definition) is 1. The van der Waals surface area contributed by atoms with E-state index in [1.807, 2.05) is 0 Å². The van der Waals surface area contributed by atoms with Crippen LogP contribution in [0.3, 0.4) is 0 Å². The molecule has 0 aromatic heterocycles. The van der Waals surface area contributed by atoms with Crippen molar-refractivity contribution in [3.63, 3.8) is 0 Å². The van der Waals surface area contributed by atoms with Crippen LogP contribution in [0.15, 0.2) is 36.4 Å². The molecule has 7 heteroatoms. The third-order valence-corrected chi connectivity index (χ3v) is 3.06. The molecule has 0 saturated heterocycles. The number of aliphatic hydroxyl groups excluding tert-OH is 1. The summed E-state index contributed by atoms with van der Waals surface area (Å²) in [6.45, 7) is -0.248. The van der Waals surface area contributed by atoms with Crippen molar-refractivity contribution in [1.82, 2.24) is 0 Å². The van der Waals surface area contributed by atoms with Gasteiger partial charge in [-0.25, -0.2) is 0 Å². The number of rotatable bonds is 4. The highest BCUT2D eigenvalue weighted by molar-refractivity contribution is 5.49. The molecule has 0 aliphatic heterocycles. The van der Waals surface area contributed by atoms with Crippen LogP contribution in [-0.2, 0) is 12.8 Å². The van der Waals surface area contributed by atoms with Crippen molar-refractivity contribution >= 4 is 0 Å². The van der Waals surface area contributed by atoms with E-state index >= 15 is 0 Å². The number of ether oxygens (including phenoxy) is 2. The topological polar surface area (TPSA) is 62.5 Å². The lowest BCUT2D eigenvalue weighted by Crippen LogP contribution is -2.08. The third-order valence-electron chi connectivity index (χ3n) is 3.06. The summed E-state index contributed by atoms with van der Waals surface area (Å²) in [5, 5.41) is 17.9. The van der Waals surface area contributed by atoms with Crippen LogP contribution in [-0.4, -0.2) is 12.2 Å². The van der Waals surface area contributed by atoms with E-state index < -0.39 is 17.3 Å². The first-order chi connectivity index (χ1) is 10.9. The summed E-state index contributed by atoms with van der Waals surface area (Å²) in [6.07, 6.45) is -4.67. The normalized spacial score (nSPS) is 11.0.